The molecule has 1 fully saturated rings. The number of aromatic nitrogens is 2. The number of hydrogen-bond acceptors (Lipinski definition) is 10. The summed E-state index contributed by atoms with van der Waals surface area (Å²) in [6, 6.07) is 10.2. The van der Waals surface area contributed by atoms with Gasteiger partial charge in [0, 0.05) is 44.7 Å². The number of methoxy groups -OCH3 is 2. The molecule has 1 aliphatic heterocycles. The van der Waals surface area contributed by atoms with Gasteiger partial charge in [0.25, 0.3) is 10.0 Å². The van der Waals surface area contributed by atoms with Crippen LogP contribution in [0.3, 0.4) is 0 Å². The normalized spacial score (nSPS) is 14.7. The third-order valence-electron chi connectivity index (χ3n) is 7.87. The maximum atomic E-state index is 16.0. The first kappa shape index (κ1) is 36.4. The lowest BCUT2D eigenvalue weighted by Crippen LogP contribution is -2.42. The smallest absolute Gasteiger partial charge is 0.410 e. The van der Waals surface area contributed by atoms with Gasteiger partial charge in [-0.05, 0) is 63.6 Å². The van der Waals surface area contributed by atoms with E-state index in [0.717, 1.165) is 16.4 Å². The Kier molecular flexibility index (Phi) is 10.6. The topological polar surface area (TPSA) is 126 Å². The molecule has 4 aromatic rings. The number of ether oxygens (including phenoxy) is 3. The molecule has 0 saturated carbocycles. The molecule has 16 heteroatoms. The predicted octanol–water partition coefficient (Wildman–Crippen LogP) is 7.14. The quantitative estimate of drug-likeness (QED) is 0.180. The Bertz CT molecular complexity index is 1980. The fourth-order valence-electron chi connectivity index (χ4n) is 5.42. The van der Waals surface area contributed by atoms with Gasteiger partial charge in [0.2, 0.25) is 0 Å². The molecule has 12 nitrogen and oxygen atoms in total. The highest BCUT2D eigenvalue weighted by Crippen LogP contribution is 2.42. The first-order valence-corrected chi connectivity index (χ1v) is 17.2. The van der Waals surface area contributed by atoms with Crippen LogP contribution in [0.25, 0.3) is 0 Å². The number of nitrogens with one attached hydrogen (secondary N) is 1. The van der Waals surface area contributed by atoms with E-state index in [9.17, 15) is 17.6 Å². The second kappa shape index (κ2) is 14.5. The van der Waals surface area contributed by atoms with Crippen LogP contribution >= 0.6 is 11.6 Å². The number of amides is 1. The maximum Gasteiger partial charge on any atom is 0.410 e. The summed E-state index contributed by atoms with van der Waals surface area (Å²) in [5, 5.41) is 2.90. The highest BCUT2D eigenvalue weighted by molar-refractivity contribution is 7.93. The molecule has 1 unspecified atom stereocenters. The average molecular weight is 731 g/mol. The highest BCUT2D eigenvalue weighted by Gasteiger charge is 2.35. The van der Waals surface area contributed by atoms with Gasteiger partial charge in [0.1, 0.15) is 39.3 Å². The summed E-state index contributed by atoms with van der Waals surface area (Å²) in [4.78, 5) is 23.5. The summed E-state index contributed by atoms with van der Waals surface area (Å²) in [7, 11) is -0.290. The van der Waals surface area contributed by atoms with Gasteiger partial charge in [0.05, 0.1) is 48.5 Å². The number of likely N-dealkylation sites (N-methyl/N-ethyl adjacent to an activating group) is 1. The molecular formula is C34H37ClF2N6O6S. The number of anilines is 5. The molecule has 5 rings (SSSR count). The van der Waals surface area contributed by atoms with E-state index in [1.807, 2.05) is 4.90 Å². The van der Waals surface area contributed by atoms with E-state index < -0.39 is 38.2 Å². The van der Waals surface area contributed by atoms with E-state index in [1.165, 1.54) is 74.1 Å². The van der Waals surface area contributed by atoms with Crippen molar-refractivity contribution in [1.29, 1.82) is 0 Å². The Morgan fingerprint density at radius 3 is 2.46 bits per heavy atom. The monoisotopic (exact) mass is 730 g/mol. The molecular weight excluding hydrogens is 694 g/mol. The Hall–Kier alpha value is -4.89. The van der Waals surface area contributed by atoms with Gasteiger partial charge in [-0.3, -0.25) is 4.98 Å². The van der Waals surface area contributed by atoms with Crippen molar-refractivity contribution in [3.8, 4) is 11.5 Å². The number of carbonyl (C=O) groups is 1. The van der Waals surface area contributed by atoms with Crippen LogP contribution in [-0.2, 0) is 14.8 Å². The number of halogens is 3. The number of hydrogen-bond donors (Lipinski definition) is 1. The number of benzene rings is 3. The molecule has 2 heterocycles. The molecule has 0 spiro atoms. The van der Waals surface area contributed by atoms with Gasteiger partial charge < -0.3 is 29.3 Å². The van der Waals surface area contributed by atoms with Crippen LogP contribution in [0.15, 0.2) is 72.0 Å². The van der Waals surface area contributed by atoms with Gasteiger partial charge >= 0.3 is 6.09 Å². The fraction of sp³-hybridized carbons (Fsp3) is 0.324. The summed E-state index contributed by atoms with van der Waals surface area (Å²) >= 11 is 6.62. The van der Waals surface area contributed by atoms with Crippen LogP contribution in [0, 0.1) is 11.6 Å². The van der Waals surface area contributed by atoms with Crippen LogP contribution in [-0.4, -0.2) is 75.4 Å². The number of rotatable bonds is 10. The van der Waals surface area contributed by atoms with Crippen LogP contribution in [0.4, 0.5) is 42.1 Å². The summed E-state index contributed by atoms with van der Waals surface area (Å²) < 4.78 is 76.1. The molecule has 0 aliphatic carbocycles. The first-order valence-electron chi connectivity index (χ1n) is 15.4. The van der Waals surface area contributed by atoms with E-state index in [-0.39, 0.29) is 34.0 Å². The van der Waals surface area contributed by atoms with E-state index in [2.05, 4.69) is 15.3 Å². The molecule has 0 radical (unpaired) electrons. The SMILES string of the molecule is COc1ccc(N(c2cnccn2)S(=O)(=O)c2cc(Cl)c(Nc3ccc(F)cc3N3CCC(N(C)C(=O)OC(C)(C)C)C3)cc2F)c(OC)c1. The zero-order chi connectivity index (χ0) is 36.4. The van der Waals surface area contributed by atoms with E-state index in [1.54, 1.807) is 27.8 Å². The fourth-order valence-corrected chi connectivity index (χ4v) is 7.22. The zero-order valence-corrected chi connectivity index (χ0v) is 29.8. The zero-order valence-electron chi connectivity index (χ0n) is 28.3. The Labute approximate surface area is 294 Å². The molecule has 50 heavy (non-hydrogen) atoms. The summed E-state index contributed by atoms with van der Waals surface area (Å²) in [6.07, 6.45) is 3.99. The third-order valence-corrected chi connectivity index (χ3v) is 9.91. The predicted molar refractivity (Wildman–Crippen MR) is 187 cm³/mol. The van der Waals surface area contributed by atoms with Gasteiger partial charge in [-0.2, -0.15) is 0 Å². The molecule has 266 valence electrons. The number of nitrogens with zero attached hydrogens (tertiary/aromatic N) is 5. The van der Waals surface area contributed by atoms with Gasteiger partial charge in [-0.25, -0.2) is 31.3 Å². The molecule has 1 amide bonds. The lowest BCUT2D eigenvalue weighted by molar-refractivity contribution is 0.0238. The average Bonchev–Trinajstić information content (AvgIpc) is 3.56. The summed E-state index contributed by atoms with van der Waals surface area (Å²) in [6.45, 7) is 6.22. The van der Waals surface area contributed by atoms with Crippen molar-refractivity contribution in [3.63, 3.8) is 0 Å². The first-order chi connectivity index (χ1) is 23.6. The van der Waals surface area contributed by atoms with Crippen molar-refractivity contribution < 1.29 is 36.2 Å². The minimum absolute atomic E-state index is 0.0173. The van der Waals surface area contributed by atoms with Crippen molar-refractivity contribution in [2.75, 3.05) is 48.9 Å². The molecule has 3 aromatic carbocycles. The van der Waals surface area contributed by atoms with E-state index in [0.29, 0.717) is 36.6 Å². The third kappa shape index (κ3) is 7.78. The van der Waals surface area contributed by atoms with Crippen molar-refractivity contribution in [2.24, 2.45) is 0 Å². The Morgan fingerprint density at radius 1 is 1.04 bits per heavy atom. The molecule has 1 N–H and O–H groups in total. The lowest BCUT2D eigenvalue weighted by atomic mass is 10.2. The largest absolute Gasteiger partial charge is 0.497 e. The van der Waals surface area contributed by atoms with Crippen LogP contribution in [0.1, 0.15) is 27.2 Å². The molecule has 1 atom stereocenters. The number of sulfonamides is 1. The Morgan fingerprint density at radius 2 is 1.80 bits per heavy atom. The summed E-state index contributed by atoms with van der Waals surface area (Å²) in [5.74, 6) is -1.26. The van der Waals surface area contributed by atoms with Crippen molar-refractivity contribution in [2.45, 2.75) is 43.7 Å². The van der Waals surface area contributed by atoms with E-state index in [4.69, 9.17) is 25.8 Å². The second-order valence-electron chi connectivity index (χ2n) is 12.4. The maximum absolute atomic E-state index is 16.0. The highest BCUT2D eigenvalue weighted by atomic mass is 35.5. The van der Waals surface area contributed by atoms with Crippen LogP contribution in [0.5, 0.6) is 11.5 Å². The lowest BCUT2D eigenvalue weighted by Gasteiger charge is -2.29. The number of carbonyl (C=O) groups excluding carboxylic acids is 1. The van der Waals surface area contributed by atoms with Gasteiger partial charge in [0.15, 0.2) is 5.82 Å². The van der Waals surface area contributed by atoms with Gasteiger partial charge in [-0.15, -0.1) is 0 Å². The molecule has 1 saturated heterocycles. The minimum atomic E-state index is -4.74. The molecule has 1 aliphatic rings. The van der Waals surface area contributed by atoms with Crippen molar-refractivity contribution in [3.05, 3.63) is 83.8 Å². The summed E-state index contributed by atoms with van der Waals surface area (Å²) in [5.41, 5.74) is 0.213. The van der Waals surface area contributed by atoms with Crippen LogP contribution < -0.4 is 24.0 Å². The van der Waals surface area contributed by atoms with Crippen LogP contribution in [0.2, 0.25) is 5.02 Å². The van der Waals surface area contributed by atoms with Crippen molar-refractivity contribution in [1.82, 2.24) is 14.9 Å². The molecule has 0 bridgehead atoms. The van der Waals surface area contributed by atoms with E-state index >= 15 is 4.39 Å². The van der Waals surface area contributed by atoms with Gasteiger partial charge in [-0.1, -0.05) is 11.6 Å². The standard InChI is InChI=1S/C34H37ClF2N6O6S/c1-34(2,3)49-33(44)41(4)22-11-14-42(20-22)29-15-21(36)7-9-26(29)40-27-18-25(37)31(17-24(27)35)50(45,46)43(32-19-38-12-13-39-32)28-10-8-23(47-5)16-30(28)48-6/h7-10,12-13,15-19,22,40H,11,14,20H2,1-6H3. The Balaban J connectivity index is 1.47. The minimum Gasteiger partial charge on any atom is -0.497 e. The van der Waals surface area contributed by atoms with Crippen molar-refractivity contribution >= 4 is 56.3 Å². The second-order valence-corrected chi connectivity index (χ2v) is 14.6. The molecule has 1 aromatic heterocycles.